The van der Waals surface area contributed by atoms with Crippen LogP contribution in [0.5, 0.6) is 0 Å². The van der Waals surface area contributed by atoms with Crippen molar-refractivity contribution in [1.82, 2.24) is 19.7 Å². The van der Waals surface area contributed by atoms with Crippen molar-refractivity contribution in [3.05, 3.63) is 68.6 Å². The van der Waals surface area contributed by atoms with E-state index in [0.717, 1.165) is 18.4 Å². The zero-order valence-electron chi connectivity index (χ0n) is 18.6. The molecule has 2 aromatic rings. The molecule has 1 aliphatic carbocycles. The first kappa shape index (κ1) is 22.6. The lowest BCUT2D eigenvalue weighted by Crippen LogP contribution is -2.56. The first-order chi connectivity index (χ1) is 16.4. The second-order valence-electron chi connectivity index (χ2n) is 8.95. The average Bonchev–Trinajstić information content (AvgIpc) is 3.61. The van der Waals surface area contributed by atoms with Crippen LogP contribution in [0, 0.1) is 0 Å². The molecule has 3 heterocycles. The van der Waals surface area contributed by atoms with Crippen LogP contribution >= 0.6 is 11.6 Å². The molecule has 1 N–H and O–H groups in total. The van der Waals surface area contributed by atoms with Crippen molar-refractivity contribution in [2.24, 2.45) is 0 Å². The van der Waals surface area contributed by atoms with Crippen molar-refractivity contribution >= 4 is 29.3 Å². The number of nitrogens with zero attached hydrogens (tertiary/aromatic N) is 3. The third kappa shape index (κ3) is 4.21. The first-order valence-corrected chi connectivity index (χ1v) is 11.7. The molecule has 178 valence electrons. The summed E-state index contributed by atoms with van der Waals surface area (Å²) in [5.41, 5.74) is 0.296. The summed E-state index contributed by atoms with van der Waals surface area (Å²) in [4.78, 5) is 54.7. The van der Waals surface area contributed by atoms with Gasteiger partial charge in [-0.25, -0.2) is 0 Å². The molecule has 0 unspecified atom stereocenters. The Kier molecular flexibility index (Phi) is 5.91. The van der Waals surface area contributed by atoms with Crippen LogP contribution in [0.1, 0.15) is 39.3 Å². The van der Waals surface area contributed by atoms with E-state index >= 15 is 0 Å². The molecule has 0 spiro atoms. The van der Waals surface area contributed by atoms with Gasteiger partial charge in [0.1, 0.15) is 17.9 Å². The molecule has 0 atom stereocenters. The summed E-state index contributed by atoms with van der Waals surface area (Å²) in [5, 5.41) is 3.35. The summed E-state index contributed by atoms with van der Waals surface area (Å²) in [7, 11) is 0. The minimum Gasteiger partial charge on any atom is -0.370 e. The van der Waals surface area contributed by atoms with Gasteiger partial charge >= 0.3 is 0 Å². The minimum atomic E-state index is -0.493. The molecule has 3 amide bonds. The number of halogens is 1. The van der Waals surface area contributed by atoms with Crippen LogP contribution in [0.25, 0.3) is 0 Å². The molecule has 5 rings (SSSR count). The van der Waals surface area contributed by atoms with E-state index in [9.17, 15) is 19.2 Å². The molecule has 1 saturated carbocycles. The van der Waals surface area contributed by atoms with Gasteiger partial charge in [-0.05, 0) is 42.7 Å². The van der Waals surface area contributed by atoms with Crippen molar-refractivity contribution in [2.75, 3.05) is 32.8 Å². The van der Waals surface area contributed by atoms with E-state index < -0.39 is 11.5 Å². The molecule has 0 radical (unpaired) electrons. The Bertz CT molecular complexity index is 1200. The number of benzene rings is 1. The van der Waals surface area contributed by atoms with Gasteiger partial charge in [0.15, 0.2) is 0 Å². The van der Waals surface area contributed by atoms with Crippen molar-refractivity contribution in [3.8, 4) is 0 Å². The van der Waals surface area contributed by atoms with Gasteiger partial charge < -0.3 is 24.4 Å². The number of rotatable bonds is 6. The molecule has 3 aliphatic rings. The molecule has 1 aromatic heterocycles. The highest BCUT2D eigenvalue weighted by Crippen LogP contribution is 2.43. The van der Waals surface area contributed by atoms with Gasteiger partial charge in [-0.1, -0.05) is 23.7 Å². The van der Waals surface area contributed by atoms with Crippen LogP contribution in [0.4, 0.5) is 0 Å². The van der Waals surface area contributed by atoms with Gasteiger partial charge in [0.25, 0.3) is 17.4 Å². The second kappa shape index (κ2) is 8.88. The van der Waals surface area contributed by atoms with Gasteiger partial charge in [0, 0.05) is 37.7 Å². The largest absolute Gasteiger partial charge is 0.370 e. The SMILES string of the molecule is O=C(NCc1ccc(Cl)cc1)c1ccc2n(c1=O)CCN(CC1(N3CCOCC3=O)CC1)C2=O. The predicted octanol–water partition coefficient (Wildman–Crippen LogP) is 1.28. The number of carbonyl (C=O) groups is 3. The van der Waals surface area contributed by atoms with E-state index in [1.54, 1.807) is 29.2 Å². The number of amides is 3. The lowest BCUT2D eigenvalue weighted by Gasteiger charge is -2.39. The van der Waals surface area contributed by atoms with Crippen molar-refractivity contribution in [1.29, 1.82) is 0 Å². The fourth-order valence-electron chi connectivity index (χ4n) is 4.71. The van der Waals surface area contributed by atoms with Crippen LogP contribution < -0.4 is 10.9 Å². The monoisotopic (exact) mass is 484 g/mol. The number of carbonyl (C=O) groups excluding carboxylic acids is 3. The molecule has 2 aliphatic heterocycles. The summed E-state index contributed by atoms with van der Waals surface area (Å²) in [5.74, 6) is -0.796. The van der Waals surface area contributed by atoms with Gasteiger partial charge in [0.05, 0.1) is 12.1 Å². The molecular weight excluding hydrogens is 460 g/mol. The van der Waals surface area contributed by atoms with Gasteiger partial charge in [-0.3, -0.25) is 19.2 Å². The van der Waals surface area contributed by atoms with E-state index in [-0.39, 0.29) is 41.8 Å². The number of aromatic nitrogens is 1. The summed E-state index contributed by atoms with van der Waals surface area (Å²) >= 11 is 5.88. The van der Waals surface area contributed by atoms with Crippen molar-refractivity contribution in [2.45, 2.75) is 31.5 Å². The topological polar surface area (TPSA) is 101 Å². The molecule has 10 heteroatoms. The Hall–Kier alpha value is -3.17. The zero-order chi connectivity index (χ0) is 23.9. The van der Waals surface area contributed by atoms with E-state index in [0.29, 0.717) is 37.8 Å². The molecule has 34 heavy (non-hydrogen) atoms. The maximum absolute atomic E-state index is 13.2. The Morgan fingerprint density at radius 2 is 1.79 bits per heavy atom. The Morgan fingerprint density at radius 3 is 2.50 bits per heavy atom. The smallest absolute Gasteiger partial charge is 0.270 e. The highest BCUT2D eigenvalue weighted by Gasteiger charge is 2.52. The van der Waals surface area contributed by atoms with E-state index in [1.807, 2.05) is 4.90 Å². The second-order valence-corrected chi connectivity index (χ2v) is 9.38. The normalized spacial score (nSPS) is 19.1. The van der Waals surface area contributed by atoms with Crippen LogP contribution in [0.3, 0.4) is 0 Å². The maximum Gasteiger partial charge on any atom is 0.270 e. The van der Waals surface area contributed by atoms with Crippen molar-refractivity contribution in [3.63, 3.8) is 0 Å². The molecule has 9 nitrogen and oxygen atoms in total. The quantitative estimate of drug-likeness (QED) is 0.665. The fourth-order valence-corrected chi connectivity index (χ4v) is 4.83. The number of hydrogen-bond donors (Lipinski definition) is 1. The summed E-state index contributed by atoms with van der Waals surface area (Å²) < 4.78 is 6.61. The highest BCUT2D eigenvalue weighted by atomic mass is 35.5. The molecule has 0 bridgehead atoms. The third-order valence-corrected chi connectivity index (χ3v) is 7.01. The van der Waals surface area contributed by atoms with Crippen LogP contribution in [0.2, 0.25) is 5.02 Å². The van der Waals surface area contributed by atoms with Gasteiger partial charge in [-0.15, -0.1) is 0 Å². The minimum absolute atomic E-state index is 0.00320. The number of hydrogen-bond acceptors (Lipinski definition) is 5. The summed E-state index contributed by atoms with van der Waals surface area (Å²) in [6.45, 7) is 2.46. The standard InChI is InChI=1S/C24H25ClN4O5/c25-17-3-1-16(2-4-17)13-26-21(31)18-5-6-19-23(33)27(9-10-28(19)22(18)32)15-24(7-8-24)29-11-12-34-14-20(29)30/h1-6H,7-15H2,(H,26,31). The molecule has 1 aromatic carbocycles. The predicted molar refractivity (Wildman–Crippen MR) is 124 cm³/mol. The zero-order valence-corrected chi connectivity index (χ0v) is 19.3. The summed E-state index contributed by atoms with van der Waals surface area (Å²) in [6, 6.07) is 10.0. The van der Waals surface area contributed by atoms with Crippen LogP contribution in [-0.4, -0.2) is 70.5 Å². The maximum atomic E-state index is 13.2. The number of pyridine rings is 1. The van der Waals surface area contributed by atoms with Crippen molar-refractivity contribution < 1.29 is 19.1 Å². The van der Waals surface area contributed by atoms with Gasteiger partial charge in [0.2, 0.25) is 5.91 Å². The Balaban J connectivity index is 1.28. The lowest BCUT2D eigenvalue weighted by atomic mass is 10.1. The van der Waals surface area contributed by atoms with Gasteiger partial charge in [-0.2, -0.15) is 0 Å². The number of fused-ring (bicyclic) bond motifs is 1. The third-order valence-electron chi connectivity index (χ3n) is 6.76. The van der Waals surface area contributed by atoms with E-state index in [4.69, 9.17) is 16.3 Å². The van der Waals surface area contributed by atoms with E-state index in [2.05, 4.69) is 5.32 Å². The first-order valence-electron chi connectivity index (χ1n) is 11.3. The van der Waals surface area contributed by atoms with Crippen LogP contribution in [-0.2, 0) is 22.6 Å². The average molecular weight is 485 g/mol. The number of ether oxygens (including phenoxy) is 1. The fraction of sp³-hybridized carbons (Fsp3) is 0.417. The number of morpholine rings is 1. The lowest BCUT2D eigenvalue weighted by molar-refractivity contribution is -0.147. The molecule has 2 fully saturated rings. The highest BCUT2D eigenvalue weighted by molar-refractivity contribution is 6.30. The Morgan fingerprint density at radius 1 is 1.03 bits per heavy atom. The Labute approximate surface area is 201 Å². The van der Waals surface area contributed by atoms with E-state index in [1.165, 1.54) is 16.7 Å². The number of nitrogens with one attached hydrogen (secondary N) is 1. The molecular formula is C24H25ClN4O5. The summed E-state index contributed by atoms with van der Waals surface area (Å²) in [6.07, 6.45) is 1.70. The molecule has 1 saturated heterocycles. The van der Waals surface area contributed by atoms with Crippen LogP contribution in [0.15, 0.2) is 41.2 Å².